The molecular formula is C25H24F4IN3O. The third-order valence-corrected chi connectivity index (χ3v) is 7.64. The maximum atomic E-state index is 13.7. The Balaban J connectivity index is 1.66. The van der Waals surface area contributed by atoms with Gasteiger partial charge in [0.2, 0.25) is 5.91 Å². The molecule has 1 atom stereocenters. The summed E-state index contributed by atoms with van der Waals surface area (Å²) in [6, 6.07) is 9.79. The van der Waals surface area contributed by atoms with Gasteiger partial charge >= 0.3 is 6.18 Å². The molecule has 0 radical (unpaired) electrons. The van der Waals surface area contributed by atoms with Gasteiger partial charge in [0, 0.05) is 40.9 Å². The predicted octanol–water partition coefficient (Wildman–Crippen LogP) is 6.12. The number of carbonyl (C=O) groups excluding carboxylic acids is 1. The van der Waals surface area contributed by atoms with Crippen molar-refractivity contribution in [3.05, 3.63) is 62.5 Å². The largest absolute Gasteiger partial charge is 0.416 e. The molecule has 1 amide bonds. The van der Waals surface area contributed by atoms with Gasteiger partial charge in [-0.25, -0.2) is 4.39 Å². The van der Waals surface area contributed by atoms with Crippen LogP contribution in [0.2, 0.25) is 0 Å². The highest BCUT2D eigenvalue weighted by Crippen LogP contribution is 2.36. The Morgan fingerprint density at radius 2 is 1.88 bits per heavy atom. The number of anilines is 1. The summed E-state index contributed by atoms with van der Waals surface area (Å²) in [6.45, 7) is 0.890. The SMILES string of the molecule is N#Cc1ccc(N(Cc2ccc(F)cc2C(F)(F)F)[C@H]2CCN(C(=O)C3CCCC3)C2)cc1I. The van der Waals surface area contributed by atoms with Gasteiger partial charge in [0.1, 0.15) is 11.9 Å². The summed E-state index contributed by atoms with van der Waals surface area (Å²) in [5.74, 6) is -0.770. The number of rotatable bonds is 5. The van der Waals surface area contributed by atoms with Crippen molar-refractivity contribution < 1.29 is 22.4 Å². The first-order valence-corrected chi connectivity index (χ1v) is 12.4. The third kappa shape index (κ3) is 5.32. The number of amides is 1. The first-order valence-electron chi connectivity index (χ1n) is 11.3. The molecule has 9 heteroatoms. The van der Waals surface area contributed by atoms with Gasteiger partial charge in [-0.2, -0.15) is 18.4 Å². The molecule has 0 N–H and O–H groups in total. The van der Waals surface area contributed by atoms with Crippen LogP contribution in [-0.4, -0.2) is 29.9 Å². The van der Waals surface area contributed by atoms with E-state index in [2.05, 4.69) is 6.07 Å². The van der Waals surface area contributed by atoms with Crippen LogP contribution in [0.5, 0.6) is 0 Å². The first kappa shape index (κ1) is 24.8. The maximum absolute atomic E-state index is 13.7. The van der Waals surface area contributed by atoms with Gasteiger partial charge in [-0.15, -0.1) is 0 Å². The van der Waals surface area contributed by atoms with Gasteiger partial charge in [0.05, 0.1) is 11.1 Å². The van der Waals surface area contributed by atoms with Crippen molar-refractivity contribution in [2.75, 3.05) is 18.0 Å². The number of nitriles is 1. The summed E-state index contributed by atoms with van der Waals surface area (Å²) in [7, 11) is 0. The number of nitrogens with zero attached hydrogens (tertiary/aromatic N) is 3. The zero-order chi connectivity index (χ0) is 24.5. The van der Waals surface area contributed by atoms with E-state index in [-0.39, 0.29) is 30.0 Å². The van der Waals surface area contributed by atoms with Crippen molar-refractivity contribution in [1.82, 2.24) is 4.90 Å². The van der Waals surface area contributed by atoms with Crippen molar-refractivity contribution in [3.63, 3.8) is 0 Å². The molecule has 2 aliphatic rings. The number of halogens is 5. The minimum Gasteiger partial charge on any atom is -0.362 e. The predicted molar refractivity (Wildman–Crippen MR) is 128 cm³/mol. The summed E-state index contributed by atoms with van der Waals surface area (Å²) in [4.78, 5) is 16.6. The Morgan fingerprint density at radius 3 is 2.53 bits per heavy atom. The van der Waals surface area contributed by atoms with Crippen LogP contribution >= 0.6 is 22.6 Å². The van der Waals surface area contributed by atoms with E-state index in [9.17, 15) is 27.6 Å². The highest BCUT2D eigenvalue weighted by molar-refractivity contribution is 14.1. The lowest BCUT2D eigenvalue weighted by atomic mass is 10.0. The van der Waals surface area contributed by atoms with E-state index in [4.69, 9.17) is 0 Å². The number of carbonyl (C=O) groups is 1. The van der Waals surface area contributed by atoms with Crippen LogP contribution in [0.4, 0.5) is 23.2 Å². The first-order chi connectivity index (χ1) is 16.2. The van der Waals surface area contributed by atoms with Crippen LogP contribution in [0.1, 0.15) is 48.8 Å². The van der Waals surface area contributed by atoms with Gasteiger partial charge in [0.25, 0.3) is 0 Å². The van der Waals surface area contributed by atoms with Crippen LogP contribution in [-0.2, 0) is 17.5 Å². The van der Waals surface area contributed by atoms with E-state index < -0.39 is 17.6 Å². The molecule has 180 valence electrons. The van der Waals surface area contributed by atoms with Gasteiger partial charge in [-0.05, 0) is 77.7 Å². The van der Waals surface area contributed by atoms with Crippen LogP contribution in [0.15, 0.2) is 36.4 Å². The average molecular weight is 585 g/mol. The molecule has 1 aliphatic heterocycles. The summed E-state index contributed by atoms with van der Waals surface area (Å²) >= 11 is 2.03. The summed E-state index contributed by atoms with van der Waals surface area (Å²) in [5, 5.41) is 9.27. The van der Waals surface area contributed by atoms with E-state index in [0.29, 0.717) is 40.4 Å². The molecule has 0 bridgehead atoms. The lowest BCUT2D eigenvalue weighted by molar-refractivity contribution is -0.138. The molecule has 4 nitrogen and oxygen atoms in total. The highest BCUT2D eigenvalue weighted by atomic mass is 127. The minimum atomic E-state index is -4.69. The fourth-order valence-corrected chi connectivity index (χ4v) is 5.59. The summed E-state index contributed by atoms with van der Waals surface area (Å²) < 4.78 is 55.4. The number of hydrogen-bond donors (Lipinski definition) is 0. The lowest BCUT2D eigenvalue weighted by Gasteiger charge is -2.33. The highest BCUT2D eigenvalue weighted by Gasteiger charge is 2.37. The summed E-state index contributed by atoms with van der Waals surface area (Å²) in [5.41, 5.74) is 0.110. The monoisotopic (exact) mass is 585 g/mol. The molecule has 4 rings (SSSR count). The van der Waals surface area contributed by atoms with Crippen LogP contribution in [0.3, 0.4) is 0 Å². The van der Waals surface area contributed by atoms with Crippen LogP contribution in [0.25, 0.3) is 0 Å². The molecule has 0 spiro atoms. The number of hydrogen-bond acceptors (Lipinski definition) is 3. The number of alkyl halides is 3. The van der Waals surface area contributed by atoms with Crippen molar-refractivity contribution in [1.29, 1.82) is 5.26 Å². The van der Waals surface area contributed by atoms with Crippen molar-refractivity contribution in [2.24, 2.45) is 5.92 Å². The topological polar surface area (TPSA) is 47.3 Å². The summed E-state index contributed by atoms with van der Waals surface area (Å²) in [6.07, 6.45) is -0.188. The zero-order valence-corrected chi connectivity index (χ0v) is 20.6. The number of likely N-dealkylation sites (tertiary alicyclic amines) is 1. The van der Waals surface area contributed by atoms with Crippen molar-refractivity contribution >= 4 is 34.2 Å². The lowest BCUT2D eigenvalue weighted by Crippen LogP contribution is -2.40. The fraction of sp³-hybridized carbons (Fsp3) is 0.440. The molecule has 2 fully saturated rings. The quantitative estimate of drug-likeness (QED) is 0.314. The van der Waals surface area contributed by atoms with E-state index in [0.717, 1.165) is 31.7 Å². The van der Waals surface area contributed by atoms with Crippen molar-refractivity contribution in [2.45, 2.75) is 50.9 Å². The molecule has 1 heterocycles. The normalized spacial score (nSPS) is 18.8. The molecule has 0 aromatic heterocycles. The Bertz CT molecular complexity index is 1110. The molecular weight excluding hydrogens is 561 g/mol. The number of benzene rings is 2. The molecule has 1 aliphatic carbocycles. The van der Waals surface area contributed by atoms with E-state index >= 15 is 0 Å². The molecule has 2 aromatic carbocycles. The van der Waals surface area contributed by atoms with Gasteiger partial charge in [-0.1, -0.05) is 18.9 Å². The van der Waals surface area contributed by atoms with E-state index in [1.807, 2.05) is 32.4 Å². The van der Waals surface area contributed by atoms with E-state index in [1.54, 1.807) is 18.2 Å². The minimum absolute atomic E-state index is 0.0335. The molecule has 2 aromatic rings. The molecule has 0 unspecified atom stereocenters. The second-order valence-electron chi connectivity index (χ2n) is 8.91. The standard InChI is InChI=1S/C25H24F4IN3O/c26-19-7-5-18(22(11-19)25(27,28)29)14-33(20-8-6-17(13-31)23(30)12-20)21-9-10-32(15-21)24(34)16-3-1-2-4-16/h5-8,11-12,16,21H,1-4,9-10,14-15H2/t21-/m0/s1. The second-order valence-corrected chi connectivity index (χ2v) is 10.1. The van der Waals surface area contributed by atoms with Crippen LogP contribution < -0.4 is 4.90 Å². The smallest absolute Gasteiger partial charge is 0.362 e. The van der Waals surface area contributed by atoms with Gasteiger partial charge in [-0.3, -0.25) is 4.79 Å². The Labute approximate surface area is 209 Å². The molecule has 34 heavy (non-hydrogen) atoms. The molecule has 1 saturated heterocycles. The molecule has 1 saturated carbocycles. The Hall–Kier alpha value is -2.35. The Kier molecular flexibility index (Phi) is 7.36. The van der Waals surface area contributed by atoms with Crippen LogP contribution in [0, 0.1) is 26.6 Å². The zero-order valence-electron chi connectivity index (χ0n) is 18.4. The van der Waals surface area contributed by atoms with Crippen molar-refractivity contribution in [3.8, 4) is 6.07 Å². The third-order valence-electron chi connectivity index (χ3n) is 6.74. The fourth-order valence-electron chi connectivity index (χ4n) is 4.97. The van der Waals surface area contributed by atoms with Gasteiger partial charge in [0.15, 0.2) is 0 Å². The Morgan fingerprint density at radius 1 is 1.15 bits per heavy atom. The average Bonchev–Trinajstić information content (AvgIpc) is 3.50. The van der Waals surface area contributed by atoms with E-state index in [1.165, 1.54) is 6.07 Å². The van der Waals surface area contributed by atoms with Gasteiger partial charge < -0.3 is 9.80 Å². The maximum Gasteiger partial charge on any atom is 0.416 e. The second kappa shape index (κ2) is 10.1.